The zero-order valence-corrected chi connectivity index (χ0v) is 9.88. The third-order valence-electron chi connectivity index (χ3n) is 1.73. The maximum atomic E-state index is 11.2. The van der Waals surface area contributed by atoms with Gasteiger partial charge < -0.3 is 4.42 Å². The molecule has 0 aromatic carbocycles. The van der Waals surface area contributed by atoms with E-state index < -0.39 is 10.8 Å². The van der Waals surface area contributed by atoms with Crippen molar-refractivity contribution in [3.05, 3.63) is 29.6 Å². The van der Waals surface area contributed by atoms with E-state index in [-0.39, 0.29) is 5.22 Å². The van der Waals surface area contributed by atoms with E-state index in [4.69, 9.17) is 16.0 Å². The van der Waals surface area contributed by atoms with Crippen LogP contribution in [0.3, 0.4) is 0 Å². The van der Waals surface area contributed by atoms with Crippen LogP contribution in [0.4, 0.5) is 11.8 Å². The van der Waals surface area contributed by atoms with Crippen molar-refractivity contribution in [3.63, 3.8) is 0 Å². The largest absolute Gasteiger partial charge is 0.429 e. The highest BCUT2D eigenvalue weighted by atomic mass is 35.5. The molecule has 2 aromatic heterocycles. The summed E-state index contributed by atoms with van der Waals surface area (Å²) in [6.45, 7) is 0. The Hall–Kier alpha value is -1.40. The summed E-state index contributed by atoms with van der Waals surface area (Å²) in [7, 11) is -1.14. The van der Waals surface area contributed by atoms with E-state index in [0.717, 1.165) is 0 Å². The lowest BCUT2D eigenvalue weighted by atomic mass is 10.6. The summed E-state index contributed by atoms with van der Waals surface area (Å²) in [4.78, 5) is 8.02. The van der Waals surface area contributed by atoms with Crippen LogP contribution in [0.1, 0.15) is 0 Å². The maximum Gasteiger partial charge on any atom is 0.230 e. The Morgan fingerprint density at radius 1 is 1.44 bits per heavy atom. The quantitative estimate of drug-likeness (QED) is 0.854. The minimum Gasteiger partial charge on any atom is -0.429 e. The molecule has 1 atom stereocenters. The number of halogens is 1. The lowest BCUT2D eigenvalue weighted by molar-refractivity contribution is 0.586. The van der Waals surface area contributed by atoms with Gasteiger partial charge in [0.2, 0.25) is 11.8 Å². The van der Waals surface area contributed by atoms with Crippen molar-refractivity contribution >= 4 is 34.2 Å². The average Bonchev–Trinajstić information content (AvgIpc) is 2.64. The Morgan fingerprint density at radius 2 is 2.25 bits per heavy atom. The highest BCUT2D eigenvalue weighted by Gasteiger charge is 2.05. The summed E-state index contributed by atoms with van der Waals surface area (Å²) in [5, 5.41) is 3.54. The average molecular weight is 258 g/mol. The number of aromatic nitrogens is 2. The Balaban J connectivity index is 2.21. The number of nitrogens with one attached hydrogen (secondary N) is 1. The highest BCUT2D eigenvalue weighted by Crippen LogP contribution is 2.20. The van der Waals surface area contributed by atoms with Crippen LogP contribution in [-0.4, -0.2) is 20.4 Å². The molecular weight excluding hydrogens is 250 g/mol. The van der Waals surface area contributed by atoms with Crippen molar-refractivity contribution < 1.29 is 8.63 Å². The first-order chi connectivity index (χ1) is 7.65. The molecule has 0 spiro atoms. The molecule has 0 saturated heterocycles. The van der Waals surface area contributed by atoms with Crippen molar-refractivity contribution in [1.82, 2.24) is 9.97 Å². The van der Waals surface area contributed by atoms with Gasteiger partial charge in [0.1, 0.15) is 5.03 Å². The van der Waals surface area contributed by atoms with Gasteiger partial charge >= 0.3 is 0 Å². The molecule has 1 unspecified atom stereocenters. The van der Waals surface area contributed by atoms with Crippen molar-refractivity contribution in [2.75, 3.05) is 11.6 Å². The second-order valence-electron chi connectivity index (χ2n) is 2.90. The van der Waals surface area contributed by atoms with E-state index in [9.17, 15) is 4.21 Å². The van der Waals surface area contributed by atoms with Crippen molar-refractivity contribution in [1.29, 1.82) is 0 Å². The van der Waals surface area contributed by atoms with Crippen LogP contribution in [0.2, 0.25) is 5.22 Å². The van der Waals surface area contributed by atoms with Gasteiger partial charge in [0, 0.05) is 18.5 Å². The van der Waals surface area contributed by atoms with Gasteiger partial charge in [-0.3, -0.25) is 9.53 Å². The normalized spacial score (nSPS) is 12.4. The van der Waals surface area contributed by atoms with E-state index in [1.54, 1.807) is 24.5 Å². The summed E-state index contributed by atoms with van der Waals surface area (Å²) in [6.07, 6.45) is 3.08. The molecule has 7 heteroatoms. The van der Waals surface area contributed by atoms with Crippen LogP contribution in [0.25, 0.3) is 0 Å². The first-order valence-corrected chi connectivity index (χ1v) is 6.27. The van der Waals surface area contributed by atoms with Gasteiger partial charge in [0.15, 0.2) is 5.22 Å². The second-order valence-corrected chi connectivity index (χ2v) is 4.60. The molecular formula is C9H8ClN3O2S. The fourth-order valence-corrected chi connectivity index (χ4v) is 1.67. The Morgan fingerprint density at radius 3 is 2.88 bits per heavy atom. The molecule has 0 radical (unpaired) electrons. The Labute approximate surface area is 99.3 Å². The smallest absolute Gasteiger partial charge is 0.230 e. The predicted octanol–water partition coefficient (Wildman–Crippen LogP) is 2.20. The number of anilines is 2. The number of hydrogen-bond acceptors (Lipinski definition) is 5. The van der Waals surface area contributed by atoms with Gasteiger partial charge in [0.25, 0.3) is 0 Å². The highest BCUT2D eigenvalue weighted by molar-refractivity contribution is 7.84. The van der Waals surface area contributed by atoms with Gasteiger partial charge in [-0.1, -0.05) is 0 Å². The summed E-state index contributed by atoms with van der Waals surface area (Å²) < 4.78 is 16.3. The lowest BCUT2D eigenvalue weighted by Gasteiger charge is -2.01. The summed E-state index contributed by atoms with van der Waals surface area (Å²) in [5.41, 5.74) is 0. The third kappa shape index (κ3) is 2.59. The van der Waals surface area contributed by atoms with Crippen LogP contribution < -0.4 is 5.32 Å². The molecule has 1 N–H and O–H groups in total. The summed E-state index contributed by atoms with van der Waals surface area (Å²) in [6, 6.07) is 4.85. The molecule has 0 aliphatic rings. The molecule has 0 aliphatic carbocycles. The SMILES string of the molecule is CS(=O)c1ccnc(Nc2ccc(Cl)o2)n1. The van der Waals surface area contributed by atoms with Crippen molar-refractivity contribution in [3.8, 4) is 0 Å². The molecule has 2 heterocycles. The number of furan rings is 1. The number of rotatable bonds is 3. The molecule has 5 nitrogen and oxygen atoms in total. The zero-order valence-electron chi connectivity index (χ0n) is 8.31. The zero-order chi connectivity index (χ0) is 11.5. The Kier molecular flexibility index (Phi) is 3.21. The minimum atomic E-state index is -1.14. The van der Waals surface area contributed by atoms with Gasteiger partial charge in [-0.05, 0) is 23.7 Å². The van der Waals surface area contributed by atoms with Gasteiger partial charge in [-0.15, -0.1) is 0 Å². The molecule has 0 fully saturated rings. The maximum absolute atomic E-state index is 11.2. The summed E-state index contributed by atoms with van der Waals surface area (Å²) in [5.74, 6) is 0.753. The lowest BCUT2D eigenvalue weighted by Crippen LogP contribution is -1.99. The first kappa shape index (κ1) is 11.1. The Bertz CT molecular complexity index is 529. The van der Waals surface area contributed by atoms with E-state index in [0.29, 0.717) is 16.9 Å². The third-order valence-corrected chi connectivity index (χ3v) is 2.75. The van der Waals surface area contributed by atoms with Gasteiger partial charge in [0.05, 0.1) is 10.8 Å². The second kappa shape index (κ2) is 4.63. The van der Waals surface area contributed by atoms with Crippen LogP contribution in [0.5, 0.6) is 0 Å². The molecule has 84 valence electrons. The monoisotopic (exact) mass is 257 g/mol. The van der Waals surface area contributed by atoms with Crippen molar-refractivity contribution in [2.45, 2.75) is 5.03 Å². The fraction of sp³-hybridized carbons (Fsp3) is 0.111. The van der Waals surface area contributed by atoms with Crippen molar-refractivity contribution in [2.24, 2.45) is 0 Å². The van der Waals surface area contributed by atoms with Crippen LogP contribution >= 0.6 is 11.6 Å². The molecule has 0 bridgehead atoms. The summed E-state index contributed by atoms with van der Waals surface area (Å²) >= 11 is 5.61. The van der Waals surface area contributed by atoms with E-state index >= 15 is 0 Å². The van der Waals surface area contributed by atoms with Crippen LogP contribution in [-0.2, 0) is 10.8 Å². The fourth-order valence-electron chi connectivity index (χ4n) is 1.05. The van der Waals surface area contributed by atoms with E-state index in [1.165, 1.54) is 6.20 Å². The molecule has 2 rings (SSSR count). The number of nitrogens with zero attached hydrogens (tertiary/aromatic N) is 2. The van der Waals surface area contributed by atoms with Crippen LogP contribution in [0, 0.1) is 0 Å². The molecule has 0 saturated carbocycles. The standard InChI is InChI=1S/C9H8ClN3O2S/c1-16(14)8-4-5-11-9(13-8)12-7-3-2-6(10)15-7/h2-5H,1H3,(H,11,12,13). The van der Waals surface area contributed by atoms with E-state index in [1.807, 2.05) is 0 Å². The van der Waals surface area contributed by atoms with E-state index in [2.05, 4.69) is 15.3 Å². The number of hydrogen-bond donors (Lipinski definition) is 1. The van der Waals surface area contributed by atoms with Gasteiger partial charge in [-0.25, -0.2) is 9.97 Å². The predicted molar refractivity (Wildman–Crippen MR) is 61.4 cm³/mol. The van der Waals surface area contributed by atoms with Crippen LogP contribution in [0.15, 0.2) is 33.8 Å². The topological polar surface area (TPSA) is 68.0 Å². The molecule has 0 amide bonds. The molecule has 16 heavy (non-hydrogen) atoms. The minimum absolute atomic E-state index is 0.276. The molecule has 2 aromatic rings. The molecule has 0 aliphatic heterocycles. The van der Waals surface area contributed by atoms with Gasteiger partial charge in [-0.2, -0.15) is 0 Å². The first-order valence-electron chi connectivity index (χ1n) is 4.34.